The minimum absolute atomic E-state index is 0.141. The molecule has 5 aromatic rings. The third-order valence-electron chi connectivity index (χ3n) is 5.30. The van der Waals surface area contributed by atoms with Gasteiger partial charge in [0.15, 0.2) is 5.52 Å². The molecule has 1 N–H and O–H groups in total. The number of aromatic nitrogens is 5. The van der Waals surface area contributed by atoms with E-state index in [9.17, 15) is 4.79 Å². The maximum absolute atomic E-state index is 12.6. The Balaban J connectivity index is 1.59. The van der Waals surface area contributed by atoms with Crippen molar-refractivity contribution in [2.24, 2.45) is 0 Å². The van der Waals surface area contributed by atoms with Crippen molar-refractivity contribution in [1.82, 2.24) is 25.0 Å². The van der Waals surface area contributed by atoms with Gasteiger partial charge in [-0.2, -0.15) is 0 Å². The molecule has 2 aromatic carbocycles. The smallest absolute Gasteiger partial charge is 0.275 e. The van der Waals surface area contributed by atoms with Crippen molar-refractivity contribution in [2.45, 2.75) is 19.4 Å². The Morgan fingerprint density at radius 2 is 1.93 bits per heavy atom. The lowest BCUT2D eigenvalue weighted by atomic mass is 10.0. The van der Waals surface area contributed by atoms with Gasteiger partial charge in [0, 0.05) is 29.8 Å². The van der Waals surface area contributed by atoms with Crippen LogP contribution in [0.5, 0.6) is 0 Å². The molecular weight excluding hydrogens is 362 g/mol. The average Bonchev–Trinajstić information content (AvgIpc) is 3.22. The van der Waals surface area contributed by atoms with Gasteiger partial charge in [-0.05, 0) is 36.2 Å². The monoisotopic (exact) mass is 381 g/mol. The fourth-order valence-corrected chi connectivity index (χ4v) is 3.73. The molecule has 0 fully saturated rings. The van der Waals surface area contributed by atoms with Crippen LogP contribution in [-0.4, -0.2) is 25.0 Å². The van der Waals surface area contributed by atoms with E-state index in [-0.39, 0.29) is 11.6 Å². The number of hydrogen-bond donors (Lipinski definition) is 1. The normalized spacial score (nSPS) is 12.4. The van der Waals surface area contributed by atoms with Crippen LogP contribution in [0.25, 0.3) is 21.9 Å². The fourth-order valence-electron chi connectivity index (χ4n) is 3.73. The van der Waals surface area contributed by atoms with E-state index in [1.54, 1.807) is 17.1 Å². The number of rotatable bonds is 4. The third kappa shape index (κ3) is 3.08. The molecule has 0 saturated carbocycles. The Morgan fingerprint density at radius 1 is 1.07 bits per heavy atom. The third-order valence-corrected chi connectivity index (χ3v) is 5.30. The zero-order valence-corrected chi connectivity index (χ0v) is 15.9. The van der Waals surface area contributed by atoms with Crippen LogP contribution in [0.2, 0.25) is 0 Å². The number of nitrogens with zero attached hydrogens (tertiary/aromatic N) is 4. The first-order valence-electron chi connectivity index (χ1n) is 9.55. The second kappa shape index (κ2) is 6.98. The molecule has 0 radical (unpaired) electrons. The number of benzene rings is 2. The largest absolute Gasteiger partial charge is 0.327 e. The molecule has 0 aliphatic rings. The van der Waals surface area contributed by atoms with E-state index in [2.05, 4.69) is 38.5 Å². The fraction of sp³-hybridized carbons (Fsp3) is 0.130. The summed E-state index contributed by atoms with van der Waals surface area (Å²) in [6.07, 6.45) is 4.20. The molecule has 0 aliphatic heterocycles. The first kappa shape index (κ1) is 17.3. The molecule has 0 aliphatic carbocycles. The summed E-state index contributed by atoms with van der Waals surface area (Å²) in [5.74, 6) is 0. The number of nitrogens with one attached hydrogen (secondary N) is 1. The van der Waals surface area contributed by atoms with Crippen molar-refractivity contribution in [1.29, 1.82) is 0 Å². The van der Waals surface area contributed by atoms with Gasteiger partial charge in [0.2, 0.25) is 0 Å². The van der Waals surface area contributed by atoms with Gasteiger partial charge in [0.05, 0.1) is 11.6 Å². The lowest BCUT2D eigenvalue weighted by Gasteiger charge is -2.13. The molecule has 5 rings (SSSR count). The van der Waals surface area contributed by atoms with E-state index >= 15 is 0 Å². The van der Waals surface area contributed by atoms with E-state index in [1.807, 2.05) is 49.4 Å². The standard InChI is InChI=1S/C23H19N5O/c1-15(17-9-10-20-18(13-17)8-5-11-24-20)28-22-21(26-27-28)19(14-25-23(22)29)12-16-6-3-2-4-7-16/h2-11,13-15H,12H2,1H3,(H,25,29)/t15-/m0/s1. The second-order valence-corrected chi connectivity index (χ2v) is 7.17. The number of hydrogen-bond acceptors (Lipinski definition) is 4. The second-order valence-electron chi connectivity index (χ2n) is 7.17. The number of pyridine rings is 2. The van der Waals surface area contributed by atoms with Crippen LogP contribution in [0, 0.1) is 0 Å². The van der Waals surface area contributed by atoms with Crippen molar-refractivity contribution in [2.75, 3.05) is 0 Å². The van der Waals surface area contributed by atoms with Crippen LogP contribution < -0.4 is 5.56 Å². The van der Waals surface area contributed by atoms with Crippen LogP contribution >= 0.6 is 0 Å². The van der Waals surface area contributed by atoms with Gasteiger partial charge < -0.3 is 4.98 Å². The Hall–Kier alpha value is -3.80. The predicted octanol–water partition coefficient (Wildman–Crippen LogP) is 3.87. The van der Waals surface area contributed by atoms with E-state index < -0.39 is 0 Å². The molecule has 1 atom stereocenters. The molecule has 142 valence electrons. The van der Waals surface area contributed by atoms with Crippen molar-refractivity contribution < 1.29 is 0 Å². The maximum Gasteiger partial charge on any atom is 0.275 e. The van der Waals surface area contributed by atoms with Gasteiger partial charge in [-0.25, -0.2) is 4.68 Å². The van der Waals surface area contributed by atoms with Crippen LogP contribution in [0.4, 0.5) is 0 Å². The van der Waals surface area contributed by atoms with Crippen LogP contribution in [0.15, 0.2) is 77.9 Å². The van der Waals surface area contributed by atoms with Crippen molar-refractivity contribution in [3.63, 3.8) is 0 Å². The van der Waals surface area contributed by atoms with Gasteiger partial charge in [-0.3, -0.25) is 9.78 Å². The highest BCUT2D eigenvalue weighted by Crippen LogP contribution is 2.25. The minimum Gasteiger partial charge on any atom is -0.327 e. The summed E-state index contributed by atoms with van der Waals surface area (Å²) in [5.41, 5.74) is 5.05. The molecule has 6 heteroatoms. The van der Waals surface area contributed by atoms with E-state index in [1.165, 1.54) is 0 Å². The summed E-state index contributed by atoms with van der Waals surface area (Å²) in [5, 5.41) is 9.77. The molecule has 0 bridgehead atoms. The summed E-state index contributed by atoms with van der Waals surface area (Å²) in [7, 11) is 0. The maximum atomic E-state index is 12.6. The van der Waals surface area contributed by atoms with Crippen LogP contribution in [0.1, 0.15) is 29.7 Å². The first-order valence-corrected chi connectivity index (χ1v) is 9.55. The van der Waals surface area contributed by atoms with Crippen molar-refractivity contribution >= 4 is 21.9 Å². The zero-order chi connectivity index (χ0) is 19.8. The Morgan fingerprint density at radius 3 is 2.79 bits per heavy atom. The summed E-state index contributed by atoms with van der Waals surface area (Å²) < 4.78 is 1.71. The molecule has 0 unspecified atom stereocenters. The van der Waals surface area contributed by atoms with Gasteiger partial charge >= 0.3 is 0 Å². The van der Waals surface area contributed by atoms with Gasteiger partial charge in [-0.15, -0.1) is 5.10 Å². The topological polar surface area (TPSA) is 76.5 Å². The molecule has 3 heterocycles. The molecule has 0 saturated heterocycles. The van der Waals surface area contributed by atoms with Gasteiger partial charge in [0.25, 0.3) is 5.56 Å². The Bertz CT molecular complexity index is 1370. The molecular formula is C23H19N5O. The number of fused-ring (bicyclic) bond motifs is 2. The summed E-state index contributed by atoms with van der Waals surface area (Å²) in [4.78, 5) is 19.9. The van der Waals surface area contributed by atoms with Crippen molar-refractivity contribution in [3.8, 4) is 0 Å². The molecule has 0 amide bonds. The van der Waals surface area contributed by atoms with Gasteiger partial charge in [-0.1, -0.05) is 47.7 Å². The molecule has 29 heavy (non-hydrogen) atoms. The highest BCUT2D eigenvalue weighted by atomic mass is 16.1. The Labute approximate surface area is 166 Å². The zero-order valence-electron chi connectivity index (χ0n) is 15.9. The lowest BCUT2D eigenvalue weighted by Crippen LogP contribution is -2.16. The van der Waals surface area contributed by atoms with E-state index in [0.717, 1.165) is 27.6 Å². The number of aromatic amines is 1. The molecule has 0 spiro atoms. The highest BCUT2D eigenvalue weighted by molar-refractivity contribution is 5.80. The first-order chi connectivity index (χ1) is 14.2. The van der Waals surface area contributed by atoms with Crippen molar-refractivity contribution in [3.05, 3.63) is 100 Å². The summed E-state index contributed by atoms with van der Waals surface area (Å²) >= 11 is 0. The Kier molecular flexibility index (Phi) is 4.17. The highest BCUT2D eigenvalue weighted by Gasteiger charge is 2.18. The minimum atomic E-state index is -0.184. The molecule has 6 nitrogen and oxygen atoms in total. The summed E-state index contributed by atoms with van der Waals surface area (Å²) in [6, 6.07) is 20.0. The molecule has 3 aromatic heterocycles. The SMILES string of the molecule is C[C@@H](c1ccc2ncccc2c1)n1nnc2c(Cc3ccccc3)c[nH]c(=O)c21. The van der Waals surface area contributed by atoms with Crippen LogP contribution in [-0.2, 0) is 6.42 Å². The quantitative estimate of drug-likeness (QED) is 0.513. The predicted molar refractivity (Wildman–Crippen MR) is 113 cm³/mol. The number of H-pyrrole nitrogens is 1. The van der Waals surface area contributed by atoms with Crippen LogP contribution in [0.3, 0.4) is 0 Å². The lowest BCUT2D eigenvalue weighted by molar-refractivity contribution is 0.559. The average molecular weight is 381 g/mol. The summed E-state index contributed by atoms with van der Waals surface area (Å²) in [6.45, 7) is 2.02. The van der Waals surface area contributed by atoms with E-state index in [4.69, 9.17) is 0 Å². The van der Waals surface area contributed by atoms with Gasteiger partial charge in [0.1, 0.15) is 5.52 Å². The van der Waals surface area contributed by atoms with E-state index in [0.29, 0.717) is 17.5 Å².